The Morgan fingerprint density at radius 1 is 1.57 bits per heavy atom. The number of aliphatic hydroxyl groups is 1. The molecule has 0 radical (unpaired) electrons. The van der Waals surface area contributed by atoms with Gasteiger partial charge in [-0.1, -0.05) is 0 Å². The Morgan fingerprint density at radius 3 is 2.86 bits per heavy atom. The third-order valence-electron chi connectivity index (χ3n) is 1.52. The van der Waals surface area contributed by atoms with Gasteiger partial charge >= 0.3 is 0 Å². The van der Waals surface area contributed by atoms with Crippen molar-refractivity contribution in [3.05, 3.63) is 12.3 Å². The molecular formula is C9H15N3OS. The van der Waals surface area contributed by atoms with Gasteiger partial charge in [-0.25, -0.2) is 9.97 Å². The number of aromatic nitrogens is 2. The monoisotopic (exact) mass is 213 g/mol. The van der Waals surface area contributed by atoms with Gasteiger partial charge in [0.2, 0.25) is 5.95 Å². The van der Waals surface area contributed by atoms with Gasteiger partial charge in [0.1, 0.15) is 5.03 Å². The van der Waals surface area contributed by atoms with Crippen LogP contribution in [0.25, 0.3) is 0 Å². The number of hydrogen-bond acceptors (Lipinski definition) is 5. The lowest BCUT2D eigenvalue weighted by atomic mass is 10.1. The fourth-order valence-electron chi connectivity index (χ4n) is 0.836. The fraction of sp³-hybridized carbons (Fsp3) is 0.556. The molecule has 0 saturated heterocycles. The molecule has 1 heterocycles. The van der Waals surface area contributed by atoms with Crippen molar-refractivity contribution in [1.82, 2.24) is 9.97 Å². The lowest BCUT2D eigenvalue weighted by molar-refractivity contribution is 0.0943. The first kappa shape index (κ1) is 11.3. The third kappa shape index (κ3) is 3.93. The minimum absolute atomic E-state index is 0.435. The number of nitrogens with one attached hydrogen (secondary N) is 1. The van der Waals surface area contributed by atoms with Crippen molar-refractivity contribution in [3.8, 4) is 0 Å². The van der Waals surface area contributed by atoms with Crippen molar-refractivity contribution < 1.29 is 5.11 Å². The van der Waals surface area contributed by atoms with E-state index in [4.69, 9.17) is 0 Å². The fourth-order valence-corrected chi connectivity index (χ4v) is 1.21. The van der Waals surface area contributed by atoms with Crippen LogP contribution in [0.3, 0.4) is 0 Å². The molecule has 0 saturated carbocycles. The van der Waals surface area contributed by atoms with E-state index in [1.54, 1.807) is 31.8 Å². The second-order valence-electron chi connectivity index (χ2n) is 3.59. The average Bonchev–Trinajstić information content (AvgIpc) is 2.14. The first-order valence-electron chi connectivity index (χ1n) is 4.34. The number of anilines is 1. The van der Waals surface area contributed by atoms with Gasteiger partial charge in [-0.15, -0.1) is 11.8 Å². The number of hydrogen-bond donors (Lipinski definition) is 2. The van der Waals surface area contributed by atoms with Crippen LogP contribution in [0.2, 0.25) is 0 Å². The molecule has 0 aliphatic carbocycles. The van der Waals surface area contributed by atoms with Gasteiger partial charge in [-0.3, -0.25) is 0 Å². The predicted molar refractivity (Wildman–Crippen MR) is 58.6 cm³/mol. The smallest absolute Gasteiger partial charge is 0.223 e. The summed E-state index contributed by atoms with van der Waals surface area (Å²) in [6, 6.07) is 1.85. The molecule has 78 valence electrons. The van der Waals surface area contributed by atoms with Crippen LogP contribution in [-0.4, -0.2) is 33.5 Å². The maximum absolute atomic E-state index is 9.48. The summed E-state index contributed by atoms with van der Waals surface area (Å²) in [5.74, 6) is 0.555. The largest absolute Gasteiger partial charge is 0.389 e. The van der Waals surface area contributed by atoms with Crippen LogP contribution in [0.15, 0.2) is 17.3 Å². The van der Waals surface area contributed by atoms with Gasteiger partial charge in [0.05, 0.1) is 5.60 Å². The zero-order valence-corrected chi connectivity index (χ0v) is 9.43. The second-order valence-corrected chi connectivity index (χ2v) is 4.42. The molecule has 0 unspecified atom stereocenters. The van der Waals surface area contributed by atoms with E-state index >= 15 is 0 Å². The summed E-state index contributed by atoms with van der Waals surface area (Å²) in [5, 5.41) is 13.4. The molecule has 0 aromatic carbocycles. The highest BCUT2D eigenvalue weighted by Crippen LogP contribution is 2.12. The molecule has 2 N–H and O–H groups in total. The standard InChI is InChI=1S/C9H15N3OS/c1-9(2,13)6-11-8-10-5-4-7(12-8)14-3/h4-5,13H,6H2,1-3H3,(H,10,11,12). The number of thioether (sulfide) groups is 1. The molecule has 0 atom stereocenters. The Bertz CT molecular complexity index is 298. The van der Waals surface area contributed by atoms with Gasteiger partial charge in [-0.05, 0) is 26.2 Å². The Morgan fingerprint density at radius 2 is 2.29 bits per heavy atom. The van der Waals surface area contributed by atoms with Gasteiger partial charge < -0.3 is 10.4 Å². The van der Waals surface area contributed by atoms with Crippen LogP contribution in [0.4, 0.5) is 5.95 Å². The summed E-state index contributed by atoms with van der Waals surface area (Å²) in [7, 11) is 0. The second kappa shape index (κ2) is 4.61. The van der Waals surface area contributed by atoms with Gasteiger partial charge in [-0.2, -0.15) is 0 Å². The SMILES string of the molecule is CSc1ccnc(NCC(C)(C)O)n1. The highest BCUT2D eigenvalue weighted by atomic mass is 32.2. The van der Waals surface area contributed by atoms with Crippen LogP contribution in [-0.2, 0) is 0 Å². The minimum Gasteiger partial charge on any atom is -0.389 e. The third-order valence-corrected chi connectivity index (χ3v) is 2.16. The summed E-state index contributed by atoms with van der Waals surface area (Å²) < 4.78 is 0. The Kier molecular flexibility index (Phi) is 3.71. The van der Waals surface area contributed by atoms with E-state index in [0.717, 1.165) is 5.03 Å². The van der Waals surface area contributed by atoms with Crippen molar-refractivity contribution >= 4 is 17.7 Å². The van der Waals surface area contributed by atoms with Crippen molar-refractivity contribution in [2.75, 3.05) is 18.1 Å². The highest BCUT2D eigenvalue weighted by molar-refractivity contribution is 7.98. The molecule has 1 aromatic rings. The molecule has 0 amide bonds. The molecule has 4 nitrogen and oxygen atoms in total. The number of nitrogens with zero attached hydrogens (tertiary/aromatic N) is 2. The normalized spacial score (nSPS) is 11.4. The van der Waals surface area contributed by atoms with E-state index in [2.05, 4.69) is 15.3 Å². The van der Waals surface area contributed by atoms with Gasteiger partial charge in [0.25, 0.3) is 0 Å². The van der Waals surface area contributed by atoms with E-state index in [1.165, 1.54) is 0 Å². The zero-order valence-electron chi connectivity index (χ0n) is 8.61. The summed E-state index contributed by atoms with van der Waals surface area (Å²) in [4.78, 5) is 8.27. The molecule has 1 rings (SSSR count). The maximum Gasteiger partial charge on any atom is 0.223 e. The summed E-state index contributed by atoms with van der Waals surface area (Å²) >= 11 is 1.56. The maximum atomic E-state index is 9.48. The molecule has 0 bridgehead atoms. The lowest BCUT2D eigenvalue weighted by Gasteiger charge is -2.17. The van der Waals surface area contributed by atoms with Gasteiger partial charge in [0.15, 0.2) is 0 Å². The van der Waals surface area contributed by atoms with E-state index in [9.17, 15) is 5.11 Å². The topological polar surface area (TPSA) is 58.0 Å². The summed E-state index contributed by atoms with van der Waals surface area (Å²) in [6.07, 6.45) is 3.66. The van der Waals surface area contributed by atoms with E-state index in [1.807, 2.05) is 12.3 Å². The molecule has 0 fully saturated rings. The van der Waals surface area contributed by atoms with Crippen LogP contribution in [0.5, 0.6) is 0 Å². The summed E-state index contributed by atoms with van der Waals surface area (Å²) in [6.45, 7) is 3.90. The van der Waals surface area contributed by atoms with E-state index in [-0.39, 0.29) is 0 Å². The molecule has 0 aliphatic rings. The zero-order chi connectivity index (χ0) is 10.6. The first-order chi connectivity index (χ1) is 6.51. The van der Waals surface area contributed by atoms with Crippen LogP contribution < -0.4 is 5.32 Å². The van der Waals surface area contributed by atoms with Crippen molar-refractivity contribution in [3.63, 3.8) is 0 Å². The molecular weight excluding hydrogens is 198 g/mol. The number of rotatable bonds is 4. The Balaban J connectivity index is 2.59. The quantitative estimate of drug-likeness (QED) is 0.584. The van der Waals surface area contributed by atoms with Gasteiger partial charge in [0, 0.05) is 12.7 Å². The highest BCUT2D eigenvalue weighted by Gasteiger charge is 2.12. The summed E-state index contributed by atoms with van der Waals surface area (Å²) in [5.41, 5.74) is -0.751. The average molecular weight is 213 g/mol. The van der Waals surface area contributed by atoms with Crippen LogP contribution in [0.1, 0.15) is 13.8 Å². The Labute approximate surface area is 88.2 Å². The molecule has 14 heavy (non-hydrogen) atoms. The predicted octanol–water partition coefficient (Wildman–Crippen LogP) is 1.38. The first-order valence-corrected chi connectivity index (χ1v) is 5.57. The van der Waals surface area contributed by atoms with E-state index < -0.39 is 5.60 Å². The van der Waals surface area contributed by atoms with Crippen molar-refractivity contribution in [2.45, 2.75) is 24.5 Å². The lowest BCUT2D eigenvalue weighted by Crippen LogP contribution is -2.29. The van der Waals surface area contributed by atoms with Crippen molar-refractivity contribution in [2.24, 2.45) is 0 Å². The molecule has 0 aliphatic heterocycles. The Hall–Kier alpha value is -0.810. The molecule has 1 aromatic heterocycles. The van der Waals surface area contributed by atoms with Crippen molar-refractivity contribution in [1.29, 1.82) is 0 Å². The van der Waals surface area contributed by atoms with E-state index in [0.29, 0.717) is 12.5 Å². The minimum atomic E-state index is -0.751. The molecule has 5 heteroatoms. The van der Waals surface area contributed by atoms with Crippen LogP contribution in [0, 0.1) is 0 Å². The van der Waals surface area contributed by atoms with Crippen LogP contribution >= 0.6 is 11.8 Å². The molecule has 0 spiro atoms.